The summed E-state index contributed by atoms with van der Waals surface area (Å²) in [4.78, 5) is 22.6. The number of hydrogen-bond donors (Lipinski definition) is 1. The van der Waals surface area contributed by atoms with Crippen LogP contribution in [-0.2, 0) is 19.1 Å². The molecule has 0 aromatic rings. The third kappa shape index (κ3) is 3.81. The van der Waals surface area contributed by atoms with Gasteiger partial charge in [-0.2, -0.15) is 0 Å². The Bertz CT molecular complexity index is 265. The van der Waals surface area contributed by atoms with Crippen LogP contribution in [0, 0.1) is 5.92 Å². The van der Waals surface area contributed by atoms with Gasteiger partial charge in [0.05, 0.1) is 7.11 Å². The molecule has 1 rings (SSSR count). The summed E-state index contributed by atoms with van der Waals surface area (Å²) >= 11 is 0. The monoisotopic (exact) mass is 229 g/mol. The number of methoxy groups -OCH3 is 1. The summed E-state index contributed by atoms with van der Waals surface area (Å²) in [5, 5.41) is 2.96. The molecule has 1 N–H and O–H groups in total. The van der Waals surface area contributed by atoms with Gasteiger partial charge in [-0.15, -0.1) is 0 Å². The summed E-state index contributed by atoms with van der Waals surface area (Å²) in [7, 11) is 1.35. The second-order valence-electron chi connectivity index (χ2n) is 4.43. The summed E-state index contributed by atoms with van der Waals surface area (Å²) in [6, 6.07) is -0.346. The van der Waals surface area contributed by atoms with Crippen LogP contribution in [0.15, 0.2) is 0 Å². The fourth-order valence-corrected chi connectivity index (χ4v) is 1.68. The van der Waals surface area contributed by atoms with E-state index in [0.29, 0.717) is 25.3 Å². The standard InChI is InChI=1S/C11H19NO4/c1-7(2)4-10(13)16-8-5-9(12-6-8)11(14)15-3/h7-9,12H,4-6H2,1-3H3/t8-,9+/m1/s1. The first-order valence-electron chi connectivity index (χ1n) is 5.53. The van der Waals surface area contributed by atoms with Gasteiger partial charge >= 0.3 is 11.9 Å². The van der Waals surface area contributed by atoms with Crippen molar-refractivity contribution in [3.8, 4) is 0 Å². The molecule has 1 aliphatic heterocycles. The molecular weight excluding hydrogens is 210 g/mol. The highest BCUT2D eigenvalue weighted by Crippen LogP contribution is 2.13. The summed E-state index contributed by atoms with van der Waals surface area (Å²) < 4.78 is 9.85. The lowest BCUT2D eigenvalue weighted by Crippen LogP contribution is -2.31. The fraction of sp³-hybridized carbons (Fsp3) is 0.818. The van der Waals surface area contributed by atoms with Crippen molar-refractivity contribution in [2.45, 2.75) is 38.8 Å². The van der Waals surface area contributed by atoms with Gasteiger partial charge in [0.15, 0.2) is 0 Å². The Balaban J connectivity index is 2.31. The van der Waals surface area contributed by atoms with E-state index in [-0.39, 0.29) is 24.1 Å². The van der Waals surface area contributed by atoms with Crippen molar-refractivity contribution >= 4 is 11.9 Å². The first-order chi connectivity index (χ1) is 7.52. The van der Waals surface area contributed by atoms with Crippen molar-refractivity contribution in [1.29, 1.82) is 0 Å². The van der Waals surface area contributed by atoms with E-state index in [1.807, 2.05) is 13.8 Å². The minimum absolute atomic E-state index is 0.202. The Labute approximate surface area is 95.5 Å². The lowest BCUT2D eigenvalue weighted by molar-refractivity contribution is -0.150. The number of carbonyl (C=O) groups excluding carboxylic acids is 2. The highest BCUT2D eigenvalue weighted by Gasteiger charge is 2.32. The van der Waals surface area contributed by atoms with Crippen LogP contribution in [0.25, 0.3) is 0 Å². The van der Waals surface area contributed by atoms with E-state index >= 15 is 0 Å². The first kappa shape index (κ1) is 13.0. The molecule has 0 aromatic carbocycles. The molecule has 0 aromatic heterocycles. The summed E-state index contributed by atoms with van der Waals surface area (Å²) in [6.45, 7) is 4.44. The summed E-state index contributed by atoms with van der Waals surface area (Å²) in [6.07, 6.45) is 0.700. The molecule has 0 amide bonds. The zero-order chi connectivity index (χ0) is 12.1. The van der Waals surface area contributed by atoms with Crippen LogP contribution >= 0.6 is 0 Å². The SMILES string of the molecule is COC(=O)[C@@H]1C[C@@H](OC(=O)CC(C)C)CN1. The highest BCUT2D eigenvalue weighted by molar-refractivity contribution is 5.76. The Hall–Kier alpha value is -1.10. The second-order valence-corrected chi connectivity index (χ2v) is 4.43. The van der Waals surface area contributed by atoms with Gasteiger partial charge < -0.3 is 14.8 Å². The number of ether oxygens (including phenoxy) is 2. The smallest absolute Gasteiger partial charge is 0.323 e. The van der Waals surface area contributed by atoms with Crippen molar-refractivity contribution in [2.75, 3.05) is 13.7 Å². The molecule has 0 radical (unpaired) electrons. The molecule has 16 heavy (non-hydrogen) atoms. The van der Waals surface area contributed by atoms with Gasteiger partial charge in [0.25, 0.3) is 0 Å². The average molecular weight is 229 g/mol. The topological polar surface area (TPSA) is 64.6 Å². The lowest BCUT2D eigenvalue weighted by Gasteiger charge is -2.12. The number of esters is 2. The highest BCUT2D eigenvalue weighted by atomic mass is 16.5. The number of rotatable bonds is 4. The fourth-order valence-electron chi connectivity index (χ4n) is 1.68. The molecule has 0 bridgehead atoms. The minimum atomic E-state index is -0.346. The van der Waals surface area contributed by atoms with Crippen LogP contribution < -0.4 is 5.32 Å². The Kier molecular flexibility index (Phi) is 4.73. The van der Waals surface area contributed by atoms with E-state index < -0.39 is 0 Å². The Morgan fingerprint density at radius 1 is 1.44 bits per heavy atom. The van der Waals surface area contributed by atoms with Gasteiger partial charge in [-0.1, -0.05) is 13.8 Å². The zero-order valence-corrected chi connectivity index (χ0v) is 9.99. The molecule has 2 atom stereocenters. The average Bonchev–Trinajstić information content (AvgIpc) is 2.63. The van der Waals surface area contributed by atoms with Crippen LogP contribution in [0.4, 0.5) is 0 Å². The maximum absolute atomic E-state index is 11.4. The number of carbonyl (C=O) groups is 2. The maximum Gasteiger partial charge on any atom is 0.323 e. The van der Waals surface area contributed by atoms with E-state index in [2.05, 4.69) is 10.1 Å². The van der Waals surface area contributed by atoms with Crippen molar-refractivity contribution in [1.82, 2.24) is 5.32 Å². The van der Waals surface area contributed by atoms with Crippen LogP contribution in [0.5, 0.6) is 0 Å². The van der Waals surface area contributed by atoms with E-state index in [0.717, 1.165) is 0 Å². The zero-order valence-electron chi connectivity index (χ0n) is 9.99. The second kappa shape index (κ2) is 5.84. The Morgan fingerprint density at radius 3 is 2.69 bits per heavy atom. The van der Waals surface area contributed by atoms with Crippen LogP contribution in [-0.4, -0.2) is 37.7 Å². The van der Waals surface area contributed by atoms with Crippen LogP contribution in [0.3, 0.4) is 0 Å². The molecule has 0 aliphatic carbocycles. The molecular formula is C11H19NO4. The van der Waals surface area contributed by atoms with Gasteiger partial charge in [0.1, 0.15) is 12.1 Å². The van der Waals surface area contributed by atoms with Crippen LogP contribution in [0.2, 0.25) is 0 Å². The first-order valence-corrected chi connectivity index (χ1v) is 5.53. The van der Waals surface area contributed by atoms with E-state index in [4.69, 9.17) is 4.74 Å². The normalized spacial score (nSPS) is 24.5. The van der Waals surface area contributed by atoms with Crippen LogP contribution in [0.1, 0.15) is 26.7 Å². The number of hydrogen-bond acceptors (Lipinski definition) is 5. The minimum Gasteiger partial charge on any atom is -0.468 e. The molecule has 0 saturated carbocycles. The van der Waals surface area contributed by atoms with E-state index in [1.54, 1.807) is 0 Å². The van der Waals surface area contributed by atoms with Gasteiger partial charge in [-0.05, 0) is 5.92 Å². The third-order valence-electron chi connectivity index (χ3n) is 2.45. The Morgan fingerprint density at radius 2 is 2.12 bits per heavy atom. The van der Waals surface area contributed by atoms with Crippen molar-refractivity contribution < 1.29 is 19.1 Å². The van der Waals surface area contributed by atoms with Gasteiger partial charge in [0, 0.05) is 19.4 Å². The molecule has 1 aliphatic rings. The summed E-state index contributed by atoms with van der Waals surface area (Å²) in [5.41, 5.74) is 0. The number of nitrogens with one attached hydrogen (secondary N) is 1. The molecule has 0 spiro atoms. The van der Waals surface area contributed by atoms with E-state index in [1.165, 1.54) is 7.11 Å². The predicted octanol–water partition coefficient (Wildman–Crippen LogP) is 0.479. The molecule has 0 unspecified atom stereocenters. The van der Waals surface area contributed by atoms with Gasteiger partial charge in [0.2, 0.25) is 0 Å². The van der Waals surface area contributed by atoms with Crippen molar-refractivity contribution in [3.63, 3.8) is 0 Å². The molecule has 1 heterocycles. The van der Waals surface area contributed by atoms with Gasteiger partial charge in [-0.25, -0.2) is 0 Å². The van der Waals surface area contributed by atoms with Gasteiger partial charge in [-0.3, -0.25) is 9.59 Å². The third-order valence-corrected chi connectivity index (χ3v) is 2.45. The predicted molar refractivity (Wildman–Crippen MR) is 57.8 cm³/mol. The van der Waals surface area contributed by atoms with Crippen molar-refractivity contribution in [3.05, 3.63) is 0 Å². The molecule has 92 valence electrons. The maximum atomic E-state index is 11.4. The van der Waals surface area contributed by atoms with Crippen molar-refractivity contribution in [2.24, 2.45) is 5.92 Å². The summed E-state index contributed by atoms with van der Waals surface area (Å²) in [5.74, 6) is -0.215. The lowest BCUT2D eigenvalue weighted by atomic mass is 10.1. The van der Waals surface area contributed by atoms with E-state index in [9.17, 15) is 9.59 Å². The molecule has 1 saturated heterocycles. The quantitative estimate of drug-likeness (QED) is 0.710. The molecule has 1 fully saturated rings. The largest absolute Gasteiger partial charge is 0.468 e. The molecule has 5 heteroatoms. The molecule has 5 nitrogen and oxygen atoms in total.